The largest absolute Gasteiger partial charge is 0.488 e. The molecule has 1 fully saturated rings. The minimum absolute atomic E-state index is 0.0429. The van der Waals surface area contributed by atoms with Gasteiger partial charge >= 0.3 is 0 Å². The number of nitrogens with one attached hydrogen (secondary N) is 1. The fourth-order valence-corrected chi connectivity index (χ4v) is 3.98. The Labute approximate surface area is 168 Å². The van der Waals surface area contributed by atoms with Gasteiger partial charge in [-0.2, -0.15) is 0 Å². The van der Waals surface area contributed by atoms with Crippen LogP contribution < -0.4 is 10.1 Å². The number of benzene rings is 2. The van der Waals surface area contributed by atoms with Gasteiger partial charge in [0.05, 0.1) is 0 Å². The monoisotopic (exact) mass is 381 g/mol. The van der Waals surface area contributed by atoms with Crippen LogP contribution in [0.5, 0.6) is 5.75 Å². The second kappa shape index (κ2) is 8.78. The molecule has 0 bridgehead atoms. The smallest absolute Gasteiger partial charge is 0.256 e. The summed E-state index contributed by atoms with van der Waals surface area (Å²) in [6.07, 6.45) is 3.58. The number of carbonyl (C=O) groups excluding carboxylic acids is 1. The van der Waals surface area contributed by atoms with E-state index >= 15 is 0 Å². The van der Waals surface area contributed by atoms with E-state index in [-0.39, 0.29) is 5.91 Å². The van der Waals surface area contributed by atoms with E-state index in [4.69, 9.17) is 9.47 Å². The molecule has 2 aromatic carbocycles. The lowest BCUT2D eigenvalue weighted by molar-refractivity contribution is -0.142. The molecule has 0 aromatic heterocycles. The molecule has 0 heterocycles. The maximum atomic E-state index is 13.0. The molecule has 0 spiro atoms. The summed E-state index contributed by atoms with van der Waals surface area (Å²) in [5.41, 5.74) is 3.23. The number of hydrogen-bond acceptors (Lipinski definition) is 3. The number of amides is 1. The first kappa shape index (κ1) is 20.4. The van der Waals surface area contributed by atoms with Crippen LogP contribution in [-0.4, -0.2) is 18.6 Å². The second-order valence-electron chi connectivity index (χ2n) is 8.05. The first-order chi connectivity index (χ1) is 13.4. The molecule has 0 aliphatic heterocycles. The fraction of sp³-hybridized carbons (Fsp3) is 0.458. The molecule has 0 radical (unpaired) electrons. The fourth-order valence-electron chi connectivity index (χ4n) is 3.98. The number of rotatable bonds is 6. The summed E-state index contributed by atoms with van der Waals surface area (Å²) in [6.45, 7) is 6.78. The Balaban J connectivity index is 1.70. The molecule has 3 rings (SSSR count). The highest BCUT2D eigenvalue weighted by Crippen LogP contribution is 2.36. The number of aryl methyl sites for hydroxylation is 2. The Hall–Kier alpha value is -2.33. The Bertz CT molecular complexity index is 785. The van der Waals surface area contributed by atoms with Crippen LogP contribution in [0, 0.1) is 19.8 Å². The van der Waals surface area contributed by atoms with Crippen molar-refractivity contribution in [2.45, 2.75) is 58.7 Å². The van der Waals surface area contributed by atoms with Crippen molar-refractivity contribution in [1.82, 2.24) is 0 Å². The van der Waals surface area contributed by atoms with Crippen molar-refractivity contribution in [2.75, 3.05) is 12.4 Å². The van der Waals surface area contributed by atoms with E-state index in [0.29, 0.717) is 12.5 Å². The van der Waals surface area contributed by atoms with Gasteiger partial charge < -0.3 is 14.8 Å². The molecule has 0 saturated heterocycles. The zero-order valence-corrected chi connectivity index (χ0v) is 17.4. The van der Waals surface area contributed by atoms with E-state index in [1.807, 2.05) is 44.2 Å². The Morgan fingerprint density at radius 1 is 1.11 bits per heavy atom. The molecular weight excluding hydrogens is 350 g/mol. The highest BCUT2D eigenvalue weighted by atomic mass is 16.5. The summed E-state index contributed by atoms with van der Waals surface area (Å²) < 4.78 is 11.7. The lowest BCUT2D eigenvalue weighted by Crippen LogP contribution is -2.47. The summed E-state index contributed by atoms with van der Waals surface area (Å²) in [5.74, 6) is 1.48. The number of methoxy groups -OCH3 is 1. The molecule has 1 amide bonds. The van der Waals surface area contributed by atoms with Gasteiger partial charge in [0.2, 0.25) is 0 Å². The second-order valence-corrected chi connectivity index (χ2v) is 8.05. The van der Waals surface area contributed by atoms with E-state index in [0.717, 1.165) is 53.8 Å². The molecule has 4 heteroatoms. The normalized spacial score (nSPS) is 21.9. The molecular formula is C24H31NO3. The van der Waals surface area contributed by atoms with Crippen LogP contribution in [-0.2, 0) is 16.1 Å². The molecule has 1 N–H and O–H groups in total. The highest BCUT2D eigenvalue weighted by Gasteiger charge is 2.41. The van der Waals surface area contributed by atoms with E-state index in [2.05, 4.69) is 24.4 Å². The number of carbonyl (C=O) groups is 1. The van der Waals surface area contributed by atoms with Gasteiger partial charge in [-0.25, -0.2) is 0 Å². The number of hydrogen-bond donors (Lipinski definition) is 1. The van der Waals surface area contributed by atoms with Crippen molar-refractivity contribution in [3.8, 4) is 5.75 Å². The zero-order valence-electron chi connectivity index (χ0n) is 17.4. The maximum absolute atomic E-state index is 13.0. The number of anilines is 1. The van der Waals surface area contributed by atoms with Crippen molar-refractivity contribution >= 4 is 11.6 Å². The van der Waals surface area contributed by atoms with Crippen LogP contribution in [0.3, 0.4) is 0 Å². The Morgan fingerprint density at radius 3 is 2.29 bits per heavy atom. The van der Waals surface area contributed by atoms with Gasteiger partial charge in [0.1, 0.15) is 18.0 Å². The average Bonchev–Trinajstić information content (AvgIpc) is 2.69. The van der Waals surface area contributed by atoms with Crippen molar-refractivity contribution < 1.29 is 14.3 Å². The third kappa shape index (κ3) is 4.56. The molecule has 2 aromatic rings. The van der Waals surface area contributed by atoms with Gasteiger partial charge in [-0.05, 0) is 74.3 Å². The molecule has 28 heavy (non-hydrogen) atoms. The molecule has 4 nitrogen and oxygen atoms in total. The summed E-state index contributed by atoms with van der Waals surface area (Å²) in [4.78, 5) is 13.0. The predicted molar refractivity (Wildman–Crippen MR) is 113 cm³/mol. The van der Waals surface area contributed by atoms with Crippen LogP contribution in [0.1, 0.15) is 49.3 Å². The quantitative estimate of drug-likeness (QED) is 0.727. The van der Waals surface area contributed by atoms with E-state index in [1.54, 1.807) is 7.11 Å². The van der Waals surface area contributed by atoms with Crippen LogP contribution in [0.15, 0.2) is 42.5 Å². The van der Waals surface area contributed by atoms with Gasteiger partial charge in [0.15, 0.2) is 0 Å². The van der Waals surface area contributed by atoms with Gasteiger partial charge in [-0.15, -0.1) is 0 Å². The number of ether oxygens (including phenoxy) is 2. The SMILES string of the molecule is COC1(C(=O)Nc2cc(C)c(OCc3ccccc3)c(C)c2)CCC(C)CC1. The van der Waals surface area contributed by atoms with Gasteiger partial charge in [0.25, 0.3) is 5.91 Å². The van der Waals surface area contributed by atoms with Crippen LogP contribution in [0.4, 0.5) is 5.69 Å². The van der Waals surface area contributed by atoms with Crippen molar-refractivity contribution in [2.24, 2.45) is 5.92 Å². The molecule has 1 aliphatic carbocycles. The van der Waals surface area contributed by atoms with Crippen LogP contribution >= 0.6 is 0 Å². The topological polar surface area (TPSA) is 47.6 Å². The molecule has 0 unspecified atom stereocenters. The third-order valence-electron chi connectivity index (χ3n) is 5.83. The molecule has 1 aliphatic rings. The van der Waals surface area contributed by atoms with Gasteiger partial charge in [0, 0.05) is 12.8 Å². The Morgan fingerprint density at radius 2 is 1.71 bits per heavy atom. The molecule has 150 valence electrons. The van der Waals surface area contributed by atoms with Crippen molar-refractivity contribution in [3.05, 3.63) is 59.2 Å². The highest BCUT2D eigenvalue weighted by molar-refractivity contribution is 5.97. The van der Waals surface area contributed by atoms with Gasteiger partial charge in [-0.3, -0.25) is 4.79 Å². The van der Waals surface area contributed by atoms with E-state index < -0.39 is 5.60 Å². The van der Waals surface area contributed by atoms with E-state index in [9.17, 15) is 4.79 Å². The summed E-state index contributed by atoms with van der Waals surface area (Å²) in [7, 11) is 1.65. The lowest BCUT2D eigenvalue weighted by Gasteiger charge is -2.36. The van der Waals surface area contributed by atoms with Gasteiger partial charge in [-0.1, -0.05) is 37.3 Å². The lowest BCUT2D eigenvalue weighted by atomic mass is 9.79. The first-order valence-electron chi connectivity index (χ1n) is 10.1. The standard InChI is InChI=1S/C24H31NO3/c1-17-10-12-24(27-4,13-11-17)23(26)25-21-14-18(2)22(19(3)15-21)28-16-20-8-6-5-7-9-20/h5-9,14-15,17H,10-13,16H2,1-4H3,(H,25,26). The van der Waals surface area contributed by atoms with E-state index in [1.165, 1.54) is 0 Å². The van der Waals surface area contributed by atoms with Crippen molar-refractivity contribution in [3.63, 3.8) is 0 Å². The molecule has 1 saturated carbocycles. The van der Waals surface area contributed by atoms with Crippen LogP contribution in [0.25, 0.3) is 0 Å². The summed E-state index contributed by atoms with van der Waals surface area (Å²) >= 11 is 0. The minimum atomic E-state index is -0.712. The molecule has 0 atom stereocenters. The minimum Gasteiger partial charge on any atom is -0.488 e. The summed E-state index contributed by atoms with van der Waals surface area (Å²) in [6, 6.07) is 14.1. The first-order valence-corrected chi connectivity index (χ1v) is 10.1. The zero-order chi connectivity index (χ0) is 20.1. The predicted octanol–water partition coefficient (Wildman–Crippen LogP) is 5.42. The third-order valence-corrected chi connectivity index (χ3v) is 5.83. The summed E-state index contributed by atoms with van der Waals surface area (Å²) in [5, 5.41) is 3.08. The maximum Gasteiger partial charge on any atom is 0.256 e. The van der Waals surface area contributed by atoms with Crippen LogP contribution in [0.2, 0.25) is 0 Å². The average molecular weight is 382 g/mol. The Kier molecular flexibility index (Phi) is 6.40. The van der Waals surface area contributed by atoms with Crippen molar-refractivity contribution in [1.29, 1.82) is 0 Å².